The number of fused-ring (bicyclic) bond motifs is 3. The van der Waals surface area contributed by atoms with E-state index in [-0.39, 0.29) is 5.43 Å². The molecule has 0 radical (unpaired) electrons. The first-order valence-electron chi connectivity index (χ1n) is 9.43. The summed E-state index contributed by atoms with van der Waals surface area (Å²) < 4.78 is 17.2. The van der Waals surface area contributed by atoms with Gasteiger partial charge in [-0.25, -0.2) is 0 Å². The maximum Gasteiger partial charge on any atom is 0.200 e. The molecule has 0 aliphatic carbocycles. The van der Waals surface area contributed by atoms with Gasteiger partial charge >= 0.3 is 0 Å². The molecular weight excluding hydrogens is 378 g/mol. The van der Waals surface area contributed by atoms with Gasteiger partial charge in [0.25, 0.3) is 0 Å². The number of halogens is 1. The molecule has 2 aromatic carbocycles. The van der Waals surface area contributed by atoms with E-state index in [9.17, 15) is 4.79 Å². The van der Waals surface area contributed by atoms with Crippen molar-refractivity contribution in [2.75, 3.05) is 26.5 Å². The van der Waals surface area contributed by atoms with Crippen LogP contribution in [-0.4, -0.2) is 31.4 Å². The van der Waals surface area contributed by atoms with Gasteiger partial charge in [-0.05, 0) is 43.2 Å². The molecule has 6 heteroatoms. The van der Waals surface area contributed by atoms with E-state index < -0.39 is 0 Å². The number of hydrogen-bond donors (Lipinski definition) is 0. The lowest BCUT2D eigenvalue weighted by Gasteiger charge is -2.29. The zero-order valence-electron chi connectivity index (χ0n) is 15.7. The largest absolute Gasteiger partial charge is 0.478 e. The van der Waals surface area contributed by atoms with E-state index >= 15 is 0 Å². The van der Waals surface area contributed by atoms with Crippen molar-refractivity contribution in [2.24, 2.45) is 0 Å². The molecule has 0 fully saturated rings. The van der Waals surface area contributed by atoms with E-state index in [4.69, 9.17) is 25.5 Å². The van der Waals surface area contributed by atoms with Gasteiger partial charge in [0.1, 0.15) is 24.3 Å². The van der Waals surface area contributed by atoms with Gasteiger partial charge in [0.2, 0.25) is 5.43 Å². The molecule has 1 aliphatic heterocycles. The highest BCUT2D eigenvalue weighted by molar-refractivity contribution is 6.30. The molecule has 0 saturated heterocycles. The average Bonchev–Trinajstić information content (AvgIpc) is 2.72. The lowest BCUT2D eigenvalue weighted by Crippen LogP contribution is -2.33. The van der Waals surface area contributed by atoms with Crippen LogP contribution < -0.4 is 10.2 Å². The Labute approximate surface area is 168 Å². The highest BCUT2D eigenvalue weighted by Gasteiger charge is 2.22. The molecule has 0 saturated carbocycles. The topological polar surface area (TPSA) is 51.9 Å². The zero-order chi connectivity index (χ0) is 19.5. The Kier molecular flexibility index (Phi) is 5.67. The van der Waals surface area contributed by atoms with Crippen LogP contribution in [-0.2, 0) is 11.3 Å². The lowest BCUT2D eigenvalue weighted by atomic mass is 10.0. The van der Waals surface area contributed by atoms with Crippen LogP contribution in [0.15, 0.2) is 51.9 Å². The molecule has 0 spiro atoms. The summed E-state index contributed by atoms with van der Waals surface area (Å²) in [7, 11) is 0. The summed E-state index contributed by atoms with van der Waals surface area (Å²) >= 11 is 5.95. The van der Waals surface area contributed by atoms with Gasteiger partial charge < -0.3 is 13.9 Å². The Morgan fingerprint density at radius 1 is 1.18 bits per heavy atom. The Bertz CT molecular complexity index is 1030. The molecule has 0 N–H and O–H groups in total. The quantitative estimate of drug-likeness (QED) is 0.563. The van der Waals surface area contributed by atoms with Crippen LogP contribution in [0.4, 0.5) is 0 Å². The monoisotopic (exact) mass is 399 g/mol. The molecule has 4 rings (SSSR count). The standard InChI is InChI=1S/C22H22ClNO4/c1-2-26-11-3-10-24-12-18-20(28-14-24)9-8-17-21(25)19(13-27-22(17)18)15-4-6-16(23)7-5-15/h4-9,13H,2-3,10-12,14H2,1H3. The summed E-state index contributed by atoms with van der Waals surface area (Å²) in [6.07, 6.45) is 2.46. The Balaban J connectivity index is 1.65. The number of ether oxygens (including phenoxy) is 2. The third-order valence-corrected chi connectivity index (χ3v) is 5.16. The summed E-state index contributed by atoms with van der Waals surface area (Å²) in [5.41, 5.74) is 2.76. The smallest absolute Gasteiger partial charge is 0.200 e. The second kappa shape index (κ2) is 8.35. The van der Waals surface area contributed by atoms with E-state index in [0.717, 1.165) is 43.1 Å². The first kappa shape index (κ1) is 19.0. The fourth-order valence-corrected chi connectivity index (χ4v) is 3.59. The predicted molar refractivity (Wildman–Crippen MR) is 110 cm³/mol. The maximum atomic E-state index is 13.1. The fraction of sp³-hybridized carbons (Fsp3) is 0.318. The van der Waals surface area contributed by atoms with E-state index in [1.54, 1.807) is 18.2 Å². The van der Waals surface area contributed by atoms with Gasteiger partial charge in [0.15, 0.2) is 0 Å². The predicted octanol–water partition coefficient (Wildman–Crippen LogP) is 4.69. The number of hydrogen-bond acceptors (Lipinski definition) is 5. The van der Waals surface area contributed by atoms with Crippen molar-refractivity contribution < 1.29 is 13.9 Å². The van der Waals surface area contributed by atoms with Crippen molar-refractivity contribution in [3.8, 4) is 16.9 Å². The fourth-order valence-electron chi connectivity index (χ4n) is 3.46. The molecule has 3 aromatic rings. The summed E-state index contributed by atoms with van der Waals surface area (Å²) in [6.45, 7) is 5.52. The van der Waals surface area contributed by atoms with Crippen LogP contribution in [0.5, 0.6) is 5.75 Å². The van der Waals surface area contributed by atoms with Crippen molar-refractivity contribution >= 4 is 22.6 Å². The van der Waals surface area contributed by atoms with Crippen LogP contribution in [0.2, 0.25) is 5.02 Å². The lowest BCUT2D eigenvalue weighted by molar-refractivity contribution is 0.0772. The molecular formula is C22H22ClNO4. The van der Waals surface area contributed by atoms with E-state index in [1.807, 2.05) is 25.1 Å². The third-order valence-electron chi connectivity index (χ3n) is 4.91. The van der Waals surface area contributed by atoms with E-state index in [2.05, 4.69) is 4.90 Å². The van der Waals surface area contributed by atoms with Gasteiger partial charge in [0, 0.05) is 31.3 Å². The van der Waals surface area contributed by atoms with Crippen LogP contribution in [0.25, 0.3) is 22.1 Å². The van der Waals surface area contributed by atoms with Crippen LogP contribution >= 0.6 is 11.6 Å². The maximum absolute atomic E-state index is 13.1. The van der Waals surface area contributed by atoms with Crippen molar-refractivity contribution in [2.45, 2.75) is 19.9 Å². The van der Waals surface area contributed by atoms with Crippen LogP contribution in [0, 0.1) is 0 Å². The van der Waals surface area contributed by atoms with Gasteiger partial charge in [0.05, 0.1) is 16.5 Å². The molecule has 0 unspecified atom stereocenters. The molecule has 5 nitrogen and oxygen atoms in total. The molecule has 1 aliphatic rings. The van der Waals surface area contributed by atoms with E-state index in [1.165, 1.54) is 6.26 Å². The molecule has 146 valence electrons. The van der Waals surface area contributed by atoms with Gasteiger partial charge in [-0.1, -0.05) is 23.7 Å². The SMILES string of the molecule is CCOCCCN1COc2ccc3c(=O)c(-c4ccc(Cl)cc4)coc3c2C1. The van der Waals surface area contributed by atoms with Crippen LogP contribution in [0.1, 0.15) is 18.9 Å². The Morgan fingerprint density at radius 3 is 2.79 bits per heavy atom. The molecule has 1 aromatic heterocycles. The van der Waals surface area contributed by atoms with Gasteiger partial charge in [-0.2, -0.15) is 0 Å². The molecule has 0 bridgehead atoms. The van der Waals surface area contributed by atoms with Gasteiger partial charge in [-0.15, -0.1) is 0 Å². The Hall–Kier alpha value is -2.34. The average molecular weight is 400 g/mol. The minimum absolute atomic E-state index is 0.0557. The van der Waals surface area contributed by atoms with Crippen molar-refractivity contribution in [3.05, 3.63) is 63.5 Å². The third kappa shape index (κ3) is 3.78. The van der Waals surface area contributed by atoms with Crippen molar-refractivity contribution in [1.29, 1.82) is 0 Å². The zero-order valence-corrected chi connectivity index (χ0v) is 16.5. The number of rotatable bonds is 6. The highest BCUT2D eigenvalue weighted by atomic mass is 35.5. The summed E-state index contributed by atoms with van der Waals surface area (Å²) in [5.74, 6) is 0.774. The highest BCUT2D eigenvalue weighted by Crippen LogP contribution is 2.32. The summed E-state index contributed by atoms with van der Waals surface area (Å²) in [6, 6.07) is 10.8. The molecule has 0 amide bonds. The first-order valence-corrected chi connectivity index (χ1v) is 9.81. The number of nitrogens with zero attached hydrogens (tertiary/aromatic N) is 1. The molecule has 28 heavy (non-hydrogen) atoms. The molecule has 0 atom stereocenters. The normalized spacial score (nSPS) is 14.1. The first-order chi connectivity index (χ1) is 13.7. The summed E-state index contributed by atoms with van der Waals surface area (Å²) in [5, 5.41) is 1.19. The van der Waals surface area contributed by atoms with Crippen molar-refractivity contribution in [3.63, 3.8) is 0 Å². The minimum atomic E-state index is -0.0557. The second-order valence-corrected chi connectivity index (χ2v) is 7.22. The minimum Gasteiger partial charge on any atom is -0.478 e. The van der Waals surface area contributed by atoms with Gasteiger partial charge in [-0.3, -0.25) is 9.69 Å². The summed E-state index contributed by atoms with van der Waals surface area (Å²) in [4.78, 5) is 15.2. The second-order valence-electron chi connectivity index (χ2n) is 6.78. The van der Waals surface area contributed by atoms with Crippen molar-refractivity contribution in [1.82, 2.24) is 4.90 Å². The molecule has 2 heterocycles. The van der Waals surface area contributed by atoms with E-state index in [0.29, 0.717) is 34.8 Å². The van der Waals surface area contributed by atoms with Crippen LogP contribution in [0.3, 0.4) is 0 Å². The number of benzene rings is 2. The Morgan fingerprint density at radius 2 is 2.00 bits per heavy atom.